The number of anilines is 1. The van der Waals surface area contributed by atoms with Gasteiger partial charge in [-0.3, -0.25) is 9.78 Å². The normalized spacial score (nSPS) is 19.8. The van der Waals surface area contributed by atoms with Crippen molar-refractivity contribution in [3.8, 4) is 5.75 Å². The maximum absolute atomic E-state index is 10.9. The first-order chi connectivity index (χ1) is 8.65. The summed E-state index contributed by atoms with van der Waals surface area (Å²) in [6, 6.07) is 2.28. The minimum absolute atomic E-state index is 0.107. The maximum Gasteiger partial charge on any atom is 0.221 e. The fourth-order valence-electron chi connectivity index (χ4n) is 2.15. The summed E-state index contributed by atoms with van der Waals surface area (Å²) in [4.78, 5) is 17.3. The first kappa shape index (κ1) is 12.8. The Hall–Kier alpha value is -1.62. The molecule has 1 aromatic heterocycles. The SMILES string of the molecule is CC(=O)Nc1cncc(OCC2CCCN2C)c1. The summed E-state index contributed by atoms with van der Waals surface area (Å²) >= 11 is 0. The van der Waals surface area contributed by atoms with Gasteiger partial charge >= 0.3 is 0 Å². The molecule has 0 saturated carbocycles. The minimum Gasteiger partial charge on any atom is -0.490 e. The van der Waals surface area contributed by atoms with Gasteiger partial charge in [0.25, 0.3) is 0 Å². The van der Waals surface area contributed by atoms with E-state index in [4.69, 9.17) is 4.74 Å². The van der Waals surface area contributed by atoms with E-state index in [9.17, 15) is 4.79 Å². The predicted octanol–water partition coefficient (Wildman–Crippen LogP) is 1.51. The molecule has 2 rings (SSSR count). The fraction of sp³-hybridized carbons (Fsp3) is 0.538. The fourth-order valence-corrected chi connectivity index (χ4v) is 2.15. The molecule has 1 fully saturated rings. The van der Waals surface area contributed by atoms with Gasteiger partial charge in [0, 0.05) is 19.0 Å². The van der Waals surface area contributed by atoms with Crippen LogP contribution in [0.3, 0.4) is 0 Å². The monoisotopic (exact) mass is 249 g/mol. The quantitative estimate of drug-likeness (QED) is 0.879. The van der Waals surface area contributed by atoms with E-state index in [1.165, 1.54) is 19.8 Å². The number of carbonyl (C=O) groups is 1. The van der Waals surface area contributed by atoms with Crippen LogP contribution in [0.4, 0.5) is 5.69 Å². The number of nitrogens with zero attached hydrogens (tertiary/aromatic N) is 2. The molecule has 5 nitrogen and oxygen atoms in total. The highest BCUT2D eigenvalue weighted by Gasteiger charge is 2.21. The van der Waals surface area contributed by atoms with Crippen LogP contribution in [0.15, 0.2) is 18.5 Å². The lowest BCUT2D eigenvalue weighted by atomic mass is 10.2. The summed E-state index contributed by atoms with van der Waals surface area (Å²) in [6.07, 6.45) is 5.68. The average molecular weight is 249 g/mol. The number of rotatable bonds is 4. The average Bonchev–Trinajstić information content (AvgIpc) is 2.72. The van der Waals surface area contributed by atoms with E-state index in [0.717, 1.165) is 6.54 Å². The lowest BCUT2D eigenvalue weighted by molar-refractivity contribution is -0.114. The van der Waals surface area contributed by atoms with Gasteiger partial charge < -0.3 is 15.0 Å². The standard InChI is InChI=1S/C13H19N3O2/c1-10(17)15-11-6-13(8-14-7-11)18-9-12-4-3-5-16(12)2/h6-8,12H,3-5,9H2,1-2H3,(H,15,17). The Morgan fingerprint density at radius 1 is 1.61 bits per heavy atom. The van der Waals surface area contributed by atoms with Crippen molar-refractivity contribution in [1.82, 2.24) is 9.88 Å². The molecule has 1 aliphatic heterocycles. The van der Waals surface area contributed by atoms with Gasteiger partial charge in [-0.1, -0.05) is 0 Å². The summed E-state index contributed by atoms with van der Waals surface area (Å²) in [6.45, 7) is 3.28. The lowest BCUT2D eigenvalue weighted by Gasteiger charge is -2.19. The molecule has 0 spiro atoms. The number of likely N-dealkylation sites (tertiary alicyclic amines) is 1. The van der Waals surface area contributed by atoms with Crippen molar-refractivity contribution >= 4 is 11.6 Å². The van der Waals surface area contributed by atoms with Crippen molar-refractivity contribution in [1.29, 1.82) is 0 Å². The maximum atomic E-state index is 10.9. The van der Waals surface area contributed by atoms with Crippen molar-refractivity contribution in [2.75, 3.05) is 25.5 Å². The Morgan fingerprint density at radius 2 is 2.44 bits per heavy atom. The molecule has 0 radical (unpaired) electrons. The van der Waals surface area contributed by atoms with E-state index in [-0.39, 0.29) is 5.91 Å². The van der Waals surface area contributed by atoms with Crippen LogP contribution in [0, 0.1) is 0 Å². The van der Waals surface area contributed by atoms with E-state index in [2.05, 4.69) is 22.2 Å². The van der Waals surface area contributed by atoms with Gasteiger partial charge in [0.15, 0.2) is 0 Å². The molecule has 1 atom stereocenters. The number of nitrogens with one attached hydrogen (secondary N) is 1. The van der Waals surface area contributed by atoms with Crippen LogP contribution in [-0.2, 0) is 4.79 Å². The molecular weight excluding hydrogens is 230 g/mol. The predicted molar refractivity (Wildman–Crippen MR) is 69.7 cm³/mol. The largest absolute Gasteiger partial charge is 0.490 e. The van der Waals surface area contributed by atoms with Gasteiger partial charge in [-0.25, -0.2) is 0 Å². The highest BCUT2D eigenvalue weighted by molar-refractivity contribution is 5.88. The summed E-state index contributed by atoms with van der Waals surface area (Å²) in [5.41, 5.74) is 0.666. The van der Waals surface area contributed by atoms with E-state index in [1.54, 1.807) is 18.5 Å². The number of hydrogen-bond acceptors (Lipinski definition) is 4. The van der Waals surface area contributed by atoms with E-state index in [1.807, 2.05) is 0 Å². The second-order valence-electron chi connectivity index (χ2n) is 4.68. The molecule has 1 saturated heterocycles. The van der Waals surface area contributed by atoms with Crippen molar-refractivity contribution in [2.45, 2.75) is 25.8 Å². The molecular formula is C13H19N3O2. The van der Waals surface area contributed by atoms with Crippen molar-refractivity contribution in [2.24, 2.45) is 0 Å². The molecule has 0 aromatic carbocycles. The van der Waals surface area contributed by atoms with Crippen molar-refractivity contribution in [3.05, 3.63) is 18.5 Å². The van der Waals surface area contributed by atoms with E-state index < -0.39 is 0 Å². The van der Waals surface area contributed by atoms with Crippen LogP contribution in [0.2, 0.25) is 0 Å². The third kappa shape index (κ3) is 3.43. The Morgan fingerprint density at radius 3 is 3.11 bits per heavy atom. The summed E-state index contributed by atoms with van der Waals surface area (Å²) in [7, 11) is 2.12. The van der Waals surface area contributed by atoms with Crippen molar-refractivity contribution < 1.29 is 9.53 Å². The zero-order valence-electron chi connectivity index (χ0n) is 10.8. The number of hydrogen-bond donors (Lipinski definition) is 1. The molecule has 18 heavy (non-hydrogen) atoms. The first-order valence-corrected chi connectivity index (χ1v) is 6.21. The molecule has 1 N–H and O–H groups in total. The zero-order chi connectivity index (χ0) is 13.0. The summed E-state index contributed by atoms with van der Waals surface area (Å²) < 4.78 is 5.73. The van der Waals surface area contributed by atoms with Crippen molar-refractivity contribution in [3.63, 3.8) is 0 Å². The molecule has 1 aliphatic rings. The van der Waals surface area contributed by atoms with Crippen LogP contribution in [0.5, 0.6) is 5.75 Å². The van der Waals surface area contributed by atoms with E-state index >= 15 is 0 Å². The number of carbonyl (C=O) groups excluding carboxylic acids is 1. The van der Waals surface area contributed by atoms with Crippen LogP contribution < -0.4 is 10.1 Å². The Balaban J connectivity index is 1.90. The summed E-state index contributed by atoms with van der Waals surface area (Å²) in [5.74, 6) is 0.589. The minimum atomic E-state index is -0.107. The summed E-state index contributed by atoms with van der Waals surface area (Å²) in [5, 5.41) is 2.69. The van der Waals surface area contributed by atoms with Crippen LogP contribution in [0.1, 0.15) is 19.8 Å². The second kappa shape index (κ2) is 5.82. The molecule has 0 bridgehead atoms. The van der Waals surface area contributed by atoms with Gasteiger partial charge in [-0.15, -0.1) is 0 Å². The topological polar surface area (TPSA) is 54.5 Å². The highest BCUT2D eigenvalue weighted by Crippen LogP contribution is 2.19. The third-order valence-corrected chi connectivity index (χ3v) is 3.15. The second-order valence-corrected chi connectivity index (χ2v) is 4.68. The van der Waals surface area contributed by atoms with Gasteiger partial charge in [0.2, 0.25) is 5.91 Å². The van der Waals surface area contributed by atoms with Gasteiger partial charge in [-0.2, -0.15) is 0 Å². The first-order valence-electron chi connectivity index (χ1n) is 6.21. The Kier molecular flexibility index (Phi) is 4.15. The molecule has 0 aliphatic carbocycles. The zero-order valence-corrected chi connectivity index (χ0v) is 10.8. The number of amides is 1. The molecule has 1 aromatic rings. The lowest BCUT2D eigenvalue weighted by Crippen LogP contribution is -2.30. The van der Waals surface area contributed by atoms with E-state index in [0.29, 0.717) is 24.1 Å². The Bertz CT molecular complexity index is 422. The number of aromatic nitrogens is 1. The van der Waals surface area contributed by atoms with Gasteiger partial charge in [0.1, 0.15) is 12.4 Å². The molecule has 98 valence electrons. The third-order valence-electron chi connectivity index (χ3n) is 3.15. The Labute approximate surface area is 107 Å². The molecule has 1 amide bonds. The van der Waals surface area contributed by atoms with Crippen LogP contribution in [0.25, 0.3) is 0 Å². The van der Waals surface area contributed by atoms with Gasteiger partial charge in [0.05, 0.1) is 18.1 Å². The van der Waals surface area contributed by atoms with Crippen LogP contribution >= 0.6 is 0 Å². The highest BCUT2D eigenvalue weighted by atomic mass is 16.5. The van der Waals surface area contributed by atoms with Gasteiger partial charge in [-0.05, 0) is 26.4 Å². The van der Waals surface area contributed by atoms with Crippen LogP contribution in [-0.4, -0.2) is 42.0 Å². The molecule has 5 heteroatoms. The number of pyridine rings is 1. The smallest absolute Gasteiger partial charge is 0.221 e. The number of ether oxygens (including phenoxy) is 1. The molecule has 2 heterocycles. The molecule has 1 unspecified atom stereocenters. The number of likely N-dealkylation sites (N-methyl/N-ethyl adjacent to an activating group) is 1.